The molecule has 0 amide bonds. The molecule has 0 saturated heterocycles. The van der Waals surface area contributed by atoms with Crippen LogP contribution < -0.4 is 5.73 Å². The van der Waals surface area contributed by atoms with Crippen molar-refractivity contribution in [1.82, 2.24) is 0 Å². The molecule has 0 heterocycles. The van der Waals surface area contributed by atoms with E-state index in [0.29, 0.717) is 6.42 Å². The summed E-state index contributed by atoms with van der Waals surface area (Å²) in [6.45, 7) is 3.52. The van der Waals surface area contributed by atoms with E-state index >= 15 is 0 Å². The maximum atomic E-state index is 12.7. The van der Waals surface area contributed by atoms with E-state index in [0.717, 1.165) is 122 Å². The van der Waals surface area contributed by atoms with Gasteiger partial charge in [-0.25, -0.2) is 4.57 Å². The first-order valence-electron chi connectivity index (χ1n) is 31.7. The Morgan fingerprint density at radius 3 is 0.975 bits per heavy atom. The minimum Gasteiger partial charge on any atom is -0.462 e. The molecule has 0 bridgehead atoms. The summed E-state index contributed by atoms with van der Waals surface area (Å²) in [4.78, 5) is 35.3. The lowest BCUT2D eigenvalue weighted by Crippen LogP contribution is -2.29. The molecule has 0 aromatic rings. The summed E-state index contributed by atoms with van der Waals surface area (Å²) < 4.78 is 33.1. The first-order chi connectivity index (χ1) is 38.8. The highest BCUT2D eigenvalue weighted by atomic mass is 31.2. The number of phosphoric acid groups is 1. The zero-order valence-electron chi connectivity index (χ0n) is 50.3. The van der Waals surface area contributed by atoms with E-state index in [4.69, 9.17) is 24.3 Å². The topological polar surface area (TPSA) is 134 Å². The molecule has 0 aliphatic rings. The Bertz CT molecular complexity index is 1750. The van der Waals surface area contributed by atoms with Crippen LogP contribution in [-0.4, -0.2) is 49.3 Å². The van der Waals surface area contributed by atoms with Gasteiger partial charge in [-0.15, -0.1) is 0 Å². The average Bonchev–Trinajstić information content (AvgIpc) is 3.44. The molecule has 450 valence electrons. The average molecular weight is 1120 g/mol. The summed E-state index contributed by atoms with van der Waals surface area (Å²) in [6, 6.07) is 0. The minimum atomic E-state index is -4.40. The van der Waals surface area contributed by atoms with Crippen LogP contribution in [0.1, 0.15) is 258 Å². The quantitative estimate of drug-likeness (QED) is 0.0264. The Kier molecular flexibility index (Phi) is 60.2. The van der Waals surface area contributed by atoms with Crippen molar-refractivity contribution in [3.63, 3.8) is 0 Å². The van der Waals surface area contributed by atoms with Gasteiger partial charge in [0.2, 0.25) is 0 Å². The molecule has 0 aliphatic heterocycles. The van der Waals surface area contributed by atoms with Gasteiger partial charge in [0.25, 0.3) is 0 Å². The molecule has 0 aliphatic carbocycles. The van der Waals surface area contributed by atoms with Crippen LogP contribution in [0.5, 0.6) is 0 Å². The zero-order valence-corrected chi connectivity index (χ0v) is 51.2. The Morgan fingerprint density at radius 2 is 0.658 bits per heavy atom. The second kappa shape index (κ2) is 63.3. The van der Waals surface area contributed by atoms with Crippen molar-refractivity contribution in [2.24, 2.45) is 5.73 Å². The van der Waals surface area contributed by atoms with Gasteiger partial charge in [-0.1, -0.05) is 270 Å². The fourth-order valence-electron chi connectivity index (χ4n) is 8.43. The van der Waals surface area contributed by atoms with Gasteiger partial charge in [-0.3, -0.25) is 18.6 Å². The molecular weight excluding hydrogens is 1000 g/mol. The Morgan fingerprint density at radius 1 is 0.380 bits per heavy atom. The molecule has 0 saturated carbocycles. The van der Waals surface area contributed by atoms with Crippen LogP contribution in [-0.2, 0) is 32.7 Å². The van der Waals surface area contributed by atoms with Gasteiger partial charge < -0.3 is 20.1 Å². The summed E-state index contributed by atoms with van der Waals surface area (Å²) in [5.41, 5.74) is 5.39. The van der Waals surface area contributed by atoms with Gasteiger partial charge in [-0.05, 0) is 109 Å². The van der Waals surface area contributed by atoms with E-state index in [-0.39, 0.29) is 38.6 Å². The molecular formula is C69H116NO8P. The largest absolute Gasteiger partial charge is 0.472 e. The lowest BCUT2D eigenvalue weighted by atomic mass is 10.0. The summed E-state index contributed by atoms with van der Waals surface area (Å²) in [6.07, 6.45) is 89.4. The number of allylic oxidation sites excluding steroid dienone is 22. The van der Waals surface area contributed by atoms with Crippen molar-refractivity contribution >= 4 is 19.8 Å². The van der Waals surface area contributed by atoms with Gasteiger partial charge in [0, 0.05) is 19.4 Å². The standard InChI is InChI=1S/C69H116NO8P/c1-3-5-7-9-11-13-15-17-19-21-23-25-27-28-29-30-31-32-33-34-35-36-37-38-40-42-44-46-48-50-52-54-56-58-60-62-69(72)78-67(66-77-79(73,74)76-64-63-70)65-75-68(71)61-59-57-55-53-51-49-47-45-43-41-39-26-24-22-20-18-16-14-12-10-8-6-4-2/h5-8,11-14,17-20,23-26,28-29,31-32,34-35,67H,3-4,9-10,15-16,21-22,27,30,33,36-66,70H2,1-2H3,(H,73,74)/b7-5-,8-6-,13-11-,14-12-,19-17-,20-18-,25-23-,26-24-,29-28-,32-31-,35-34-. The Hall–Kier alpha value is -3.85. The maximum Gasteiger partial charge on any atom is 0.472 e. The van der Waals surface area contributed by atoms with Crippen molar-refractivity contribution in [2.45, 2.75) is 264 Å². The summed E-state index contributed by atoms with van der Waals surface area (Å²) >= 11 is 0. The summed E-state index contributed by atoms with van der Waals surface area (Å²) in [7, 11) is -4.40. The molecule has 10 heteroatoms. The molecule has 0 aromatic carbocycles. The third kappa shape index (κ3) is 63.2. The van der Waals surface area contributed by atoms with Gasteiger partial charge >= 0.3 is 19.8 Å². The lowest BCUT2D eigenvalue weighted by Gasteiger charge is -2.19. The van der Waals surface area contributed by atoms with Crippen molar-refractivity contribution in [2.75, 3.05) is 26.4 Å². The van der Waals surface area contributed by atoms with Crippen LogP contribution in [0.25, 0.3) is 0 Å². The zero-order chi connectivity index (χ0) is 57.3. The number of carbonyl (C=O) groups is 2. The first-order valence-corrected chi connectivity index (χ1v) is 33.2. The van der Waals surface area contributed by atoms with Crippen molar-refractivity contribution < 1.29 is 37.6 Å². The van der Waals surface area contributed by atoms with Gasteiger partial charge in [0.1, 0.15) is 6.61 Å². The lowest BCUT2D eigenvalue weighted by molar-refractivity contribution is -0.161. The molecule has 0 spiro atoms. The van der Waals surface area contributed by atoms with Crippen LogP contribution in [0.4, 0.5) is 0 Å². The van der Waals surface area contributed by atoms with Crippen LogP contribution in [0.2, 0.25) is 0 Å². The highest BCUT2D eigenvalue weighted by Crippen LogP contribution is 2.43. The number of hydrogen-bond donors (Lipinski definition) is 2. The van der Waals surface area contributed by atoms with Crippen LogP contribution in [0.3, 0.4) is 0 Å². The number of carbonyl (C=O) groups excluding carboxylic acids is 2. The number of ether oxygens (including phenoxy) is 2. The number of unbranched alkanes of at least 4 members (excludes halogenated alkanes) is 23. The van der Waals surface area contributed by atoms with Crippen molar-refractivity contribution in [3.05, 3.63) is 134 Å². The van der Waals surface area contributed by atoms with E-state index in [1.165, 1.54) is 103 Å². The minimum absolute atomic E-state index is 0.0470. The van der Waals surface area contributed by atoms with E-state index in [2.05, 4.69) is 148 Å². The predicted molar refractivity (Wildman–Crippen MR) is 339 cm³/mol. The molecule has 79 heavy (non-hydrogen) atoms. The van der Waals surface area contributed by atoms with E-state index in [1.54, 1.807) is 0 Å². The second-order valence-corrected chi connectivity index (χ2v) is 22.0. The van der Waals surface area contributed by atoms with Gasteiger partial charge in [0.15, 0.2) is 6.10 Å². The monoisotopic (exact) mass is 1120 g/mol. The molecule has 9 nitrogen and oxygen atoms in total. The number of rotatable bonds is 58. The second-order valence-electron chi connectivity index (χ2n) is 20.5. The third-order valence-corrected chi connectivity index (χ3v) is 14.0. The van der Waals surface area contributed by atoms with Crippen molar-refractivity contribution in [1.29, 1.82) is 0 Å². The molecule has 0 aromatic heterocycles. The number of hydrogen-bond acceptors (Lipinski definition) is 8. The highest BCUT2D eigenvalue weighted by molar-refractivity contribution is 7.47. The van der Waals surface area contributed by atoms with E-state index in [9.17, 15) is 19.0 Å². The normalized spacial score (nSPS) is 13.9. The van der Waals surface area contributed by atoms with Crippen LogP contribution >= 0.6 is 7.82 Å². The summed E-state index contributed by atoms with van der Waals surface area (Å²) in [5, 5.41) is 0. The Labute approximate surface area is 484 Å². The first kappa shape index (κ1) is 75.2. The van der Waals surface area contributed by atoms with E-state index < -0.39 is 26.5 Å². The smallest absolute Gasteiger partial charge is 0.462 e. The fraction of sp³-hybridized carbons (Fsp3) is 0.652. The molecule has 2 atom stereocenters. The number of nitrogens with two attached hydrogens (primary N) is 1. The Balaban J connectivity index is 3.96. The molecule has 0 fully saturated rings. The molecule has 3 N–H and O–H groups in total. The van der Waals surface area contributed by atoms with Crippen LogP contribution in [0.15, 0.2) is 134 Å². The SMILES string of the molecule is CC/C=C\C/C=C\C/C=C\C/C=C\C/C=C\C/C=C\C/C=C\CCCCCCCCCCCCCCCC(=O)OC(COC(=O)CCCCCCCCCCCC/C=C\C/C=C\C/C=C\C/C=C\CC)COP(=O)(O)OCCN. The number of phosphoric ester groups is 1. The molecule has 0 radical (unpaired) electrons. The molecule has 2 unspecified atom stereocenters. The highest BCUT2D eigenvalue weighted by Gasteiger charge is 2.26. The fourth-order valence-corrected chi connectivity index (χ4v) is 9.20. The van der Waals surface area contributed by atoms with Crippen LogP contribution in [0, 0.1) is 0 Å². The maximum absolute atomic E-state index is 12.7. The summed E-state index contributed by atoms with van der Waals surface area (Å²) in [5.74, 6) is -0.837. The number of esters is 2. The van der Waals surface area contributed by atoms with Gasteiger partial charge in [-0.2, -0.15) is 0 Å². The van der Waals surface area contributed by atoms with E-state index in [1.807, 2.05) is 0 Å². The molecule has 0 rings (SSSR count). The van der Waals surface area contributed by atoms with Crippen molar-refractivity contribution in [3.8, 4) is 0 Å². The van der Waals surface area contributed by atoms with Gasteiger partial charge in [0.05, 0.1) is 13.2 Å². The third-order valence-electron chi connectivity index (χ3n) is 13.0. The predicted octanol–water partition coefficient (Wildman–Crippen LogP) is 20.5.